The largest absolute Gasteiger partial charge is 0.296 e. The van der Waals surface area contributed by atoms with Crippen LogP contribution in [-0.4, -0.2) is 18.0 Å². The van der Waals surface area contributed by atoms with Crippen LogP contribution >= 0.6 is 0 Å². The Kier molecular flexibility index (Phi) is 4.11. The molecule has 100 valence electrons. The molecule has 18 heavy (non-hydrogen) atoms. The third-order valence-electron chi connectivity index (χ3n) is 4.51. The van der Waals surface area contributed by atoms with Gasteiger partial charge in [0.15, 0.2) is 0 Å². The highest BCUT2D eigenvalue weighted by Gasteiger charge is 2.31. The molecule has 1 heterocycles. The lowest BCUT2D eigenvalue weighted by Crippen LogP contribution is -2.41. The summed E-state index contributed by atoms with van der Waals surface area (Å²) < 4.78 is 0. The zero-order chi connectivity index (χ0) is 13.2. The lowest BCUT2D eigenvalue weighted by molar-refractivity contribution is 0.0732. The molecule has 0 spiro atoms. The number of rotatable bonds is 2. The highest BCUT2D eigenvalue weighted by Crippen LogP contribution is 2.35. The van der Waals surface area contributed by atoms with Crippen molar-refractivity contribution in [2.75, 3.05) is 13.1 Å². The number of likely N-dealkylation sites (tertiary alicyclic amines) is 1. The number of hydrogen-bond donors (Lipinski definition) is 0. The molecule has 1 heteroatoms. The van der Waals surface area contributed by atoms with Crippen LogP contribution in [0.4, 0.5) is 0 Å². The molecule has 1 fully saturated rings. The van der Waals surface area contributed by atoms with E-state index < -0.39 is 0 Å². The molecule has 0 N–H and O–H groups in total. The molecule has 0 saturated carbocycles. The fourth-order valence-electron chi connectivity index (χ4n) is 3.01. The molecule has 1 aromatic rings. The zero-order valence-electron chi connectivity index (χ0n) is 12.3. The second-order valence-corrected chi connectivity index (χ2v) is 6.79. The van der Waals surface area contributed by atoms with Gasteiger partial charge in [-0.25, -0.2) is 0 Å². The predicted octanol–water partition coefficient (Wildman–Crippen LogP) is 4.51. The van der Waals surface area contributed by atoms with Crippen LogP contribution in [0.15, 0.2) is 30.3 Å². The molecular weight excluding hydrogens is 218 g/mol. The van der Waals surface area contributed by atoms with Gasteiger partial charge in [0, 0.05) is 12.6 Å². The van der Waals surface area contributed by atoms with E-state index in [1.807, 2.05) is 0 Å². The van der Waals surface area contributed by atoms with Crippen molar-refractivity contribution < 1.29 is 0 Å². The molecular formula is C17H27N. The molecule has 0 amide bonds. The Morgan fingerprint density at radius 3 is 2.44 bits per heavy atom. The Bertz CT molecular complexity index is 363. The molecule has 1 aromatic carbocycles. The normalized spacial score (nSPS) is 23.9. The van der Waals surface area contributed by atoms with Gasteiger partial charge in [-0.2, -0.15) is 0 Å². The van der Waals surface area contributed by atoms with Crippen LogP contribution in [0.2, 0.25) is 0 Å². The second kappa shape index (κ2) is 5.44. The zero-order valence-corrected chi connectivity index (χ0v) is 12.3. The maximum absolute atomic E-state index is 2.66. The van der Waals surface area contributed by atoms with E-state index in [1.54, 1.807) is 0 Å². The minimum atomic E-state index is 0.440. The first-order valence-corrected chi connectivity index (χ1v) is 7.27. The average molecular weight is 245 g/mol. The van der Waals surface area contributed by atoms with Gasteiger partial charge < -0.3 is 0 Å². The summed E-state index contributed by atoms with van der Waals surface area (Å²) in [6.45, 7) is 12.0. The molecule has 1 aliphatic rings. The molecule has 1 saturated heterocycles. The van der Waals surface area contributed by atoms with E-state index in [-0.39, 0.29) is 0 Å². The van der Waals surface area contributed by atoms with Gasteiger partial charge in [-0.15, -0.1) is 0 Å². The fraction of sp³-hybridized carbons (Fsp3) is 0.647. The molecule has 0 radical (unpaired) electrons. The van der Waals surface area contributed by atoms with Crippen LogP contribution in [0.25, 0.3) is 0 Å². The first kappa shape index (κ1) is 13.6. The van der Waals surface area contributed by atoms with Crippen LogP contribution in [0.5, 0.6) is 0 Å². The van der Waals surface area contributed by atoms with Crippen molar-refractivity contribution in [1.82, 2.24) is 4.90 Å². The van der Waals surface area contributed by atoms with Crippen LogP contribution in [0, 0.1) is 11.3 Å². The van der Waals surface area contributed by atoms with Crippen molar-refractivity contribution in [2.24, 2.45) is 11.3 Å². The monoisotopic (exact) mass is 245 g/mol. The van der Waals surface area contributed by atoms with Gasteiger partial charge in [-0.05, 0) is 43.2 Å². The third kappa shape index (κ3) is 3.14. The van der Waals surface area contributed by atoms with Crippen molar-refractivity contribution in [3.05, 3.63) is 35.9 Å². The highest BCUT2D eigenvalue weighted by molar-refractivity contribution is 5.18. The number of piperidine rings is 1. The van der Waals surface area contributed by atoms with E-state index in [0.717, 1.165) is 5.92 Å². The van der Waals surface area contributed by atoms with Gasteiger partial charge in [-0.1, -0.05) is 51.1 Å². The summed E-state index contributed by atoms with van der Waals surface area (Å²) in [6.07, 6.45) is 2.74. The maximum atomic E-state index is 2.66. The lowest BCUT2D eigenvalue weighted by atomic mass is 9.76. The van der Waals surface area contributed by atoms with Crippen molar-refractivity contribution in [2.45, 2.75) is 46.6 Å². The molecule has 1 nitrogen and oxygen atoms in total. The topological polar surface area (TPSA) is 3.24 Å². The molecule has 1 unspecified atom stereocenters. The van der Waals surface area contributed by atoms with Crippen molar-refractivity contribution in [3.8, 4) is 0 Å². The van der Waals surface area contributed by atoms with Gasteiger partial charge in [-0.3, -0.25) is 4.90 Å². The summed E-state index contributed by atoms with van der Waals surface area (Å²) in [7, 11) is 0. The van der Waals surface area contributed by atoms with Crippen molar-refractivity contribution in [1.29, 1.82) is 0 Å². The summed E-state index contributed by atoms with van der Waals surface area (Å²) in [6, 6.07) is 11.5. The van der Waals surface area contributed by atoms with Gasteiger partial charge in [0.25, 0.3) is 0 Å². The Hall–Kier alpha value is -0.820. The minimum absolute atomic E-state index is 0.440. The Balaban J connectivity index is 2.05. The first-order chi connectivity index (χ1) is 8.48. The quantitative estimate of drug-likeness (QED) is 0.741. The van der Waals surface area contributed by atoms with Crippen molar-refractivity contribution in [3.63, 3.8) is 0 Å². The average Bonchev–Trinajstić information content (AvgIpc) is 2.38. The van der Waals surface area contributed by atoms with E-state index in [9.17, 15) is 0 Å². The Morgan fingerprint density at radius 2 is 1.83 bits per heavy atom. The smallest absolute Gasteiger partial charge is 0.0319 e. The van der Waals surface area contributed by atoms with Crippen LogP contribution in [-0.2, 0) is 0 Å². The summed E-state index contributed by atoms with van der Waals surface area (Å²) in [5.74, 6) is 0.831. The van der Waals surface area contributed by atoms with Crippen LogP contribution < -0.4 is 0 Å². The number of nitrogens with zero attached hydrogens (tertiary/aromatic N) is 1. The van der Waals surface area contributed by atoms with E-state index in [1.165, 1.54) is 31.5 Å². The van der Waals surface area contributed by atoms with E-state index in [4.69, 9.17) is 0 Å². The van der Waals surface area contributed by atoms with Gasteiger partial charge in [0.1, 0.15) is 0 Å². The summed E-state index contributed by atoms with van der Waals surface area (Å²) in [4.78, 5) is 2.66. The van der Waals surface area contributed by atoms with Crippen molar-refractivity contribution >= 4 is 0 Å². The molecule has 2 rings (SSSR count). The summed E-state index contributed by atoms with van der Waals surface area (Å²) in [5.41, 5.74) is 1.89. The molecule has 0 aromatic heterocycles. The number of benzene rings is 1. The molecule has 1 aliphatic heterocycles. The standard InChI is InChI=1S/C17H27N/c1-14(15-9-6-5-7-10-15)18-12-8-11-16(13-18)17(2,3)4/h5-7,9-10,14,16H,8,11-13H2,1-4H3/t14?,16-/m1/s1. The molecule has 0 bridgehead atoms. The highest BCUT2D eigenvalue weighted by atomic mass is 15.2. The van der Waals surface area contributed by atoms with Gasteiger partial charge in [0.2, 0.25) is 0 Å². The Morgan fingerprint density at radius 1 is 1.17 bits per heavy atom. The van der Waals surface area contributed by atoms with E-state index >= 15 is 0 Å². The molecule has 2 atom stereocenters. The SMILES string of the molecule is CC(c1ccccc1)N1CCC[C@@H](C(C)(C)C)C1. The van der Waals surface area contributed by atoms with E-state index in [2.05, 4.69) is 62.9 Å². The first-order valence-electron chi connectivity index (χ1n) is 7.27. The second-order valence-electron chi connectivity index (χ2n) is 6.79. The van der Waals surface area contributed by atoms with Crippen LogP contribution in [0.3, 0.4) is 0 Å². The summed E-state index contributed by atoms with van der Waals surface area (Å²) >= 11 is 0. The third-order valence-corrected chi connectivity index (χ3v) is 4.51. The van der Waals surface area contributed by atoms with Gasteiger partial charge in [0.05, 0.1) is 0 Å². The summed E-state index contributed by atoms with van der Waals surface area (Å²) in [5, 5.41) is 0. The number of hydrogen-bond acceptors (Lipinski definition) is 1. The van der Waals surface area contributed by atoms with Gasteiger partial charge >= 0.3 is 0 Å². The molecule has 0 aliphatic carbocycles. The minimum Gasteiger partial charge on any atom is -0.296 e. The fourth-order valence-corrected chi connectivity index (χ4v) is 3.01. The maximum Gasteiger partial charge on any atom is 0.0319 e. The van der Waals surface area contributed by atoms with Crippen LogP contribution in [0.1, 0.15) is 52.1 Å². The predicted molar refractivity (Wildman–Crippen MR) is 78.6 cm³/mol. The lowest BCUT2D eigenvalue weighted by Gasteiger charge is -2.42. The van der Waals surface area contributed by atoms with E-state index in [0.29, 0.717) is 11.5 Å². The Labute approximate surface area is 112 Å².